The molecule has 1 heteroatoms. The van der Waals surface area contributed by atoms with E-state index in [0.717, 1.165) is 0 Å². The van der Waals surface area contributed by atoms with Crippen LogP contribution in [0.2, 0.25) is 0 Å². The van der Waals surface area contributed by atoms with Crippen LogP contribution in [-0.2, 0) is 0 Å². The molecule has 0 fully saturated rings. The van der Waals surface area contributed by atoms with Crippen molar-refractivity contribution < 1.29 is 0 Å². The van der Waals surface area contributed by atoms with Crippen LogP contribution in [0, 0.1) is 12.3 Å². The normalized spacial score (nSPS) is 14.8. The molecule has 2 N–H and O–H groups in total. The SMILES string of the molecule is C#CC(N)C(C)c1ccccc1. The van der Waals surface area contributed by atoms with Gasteiger partial charge in [0.05, 0.1) is 6.04 Å². The van der Waals surface area contributed by atoms with Crippen molar-refractivity contribution in [1.29, 1.82) is 0 Å². The zero-order valence-electron chi connectivity index (χ0n) is 7.20. The Kier molecular flexibility index (Phi) is 2.90. The van der Waals surface area contributed by atoms with Crippen LogP contribution in [0.25, 0.3) is 0 Å². The molecule has 1 aromatic rings. The van der Waals surface area contributed by atoms with E-state index in [1.807, 2.05) is 37.3 Å². The standard InChI is InChI=1S/C11H13N/c1-3-11(12)9(2)10-7-5-4-6-8-10/h1,4-9,11H,12H2,2H3. The van der Waals surface area contributed by atoms with Crippen molar-refractivity contribution in [3.05, 3.63) is 35.9 Å². The summed E-state index contributed by atoms with van der Waals surface area (Å²) in [6.45, 7) is 2.04. The third-order valence-electron chi connectivity index (χ3n) is 2.06. The molecule has 12 heavy (non-hydrogen) atoms. The van der Waals surface area contributed by atoms with Gasteiger partial charge in [-0.25, -0.2) is 0 Å². The first-order valence-corrected chi connectivity index (χ1v) is 4.02. The third-order valence-corrected chi connectivity index (χ3v) is 2.06. The summed E-state index contributed by atoms with van der Waals surface area (Å²) in [7, 11) is 0. The largest absolute Gasteiger partial charge is 0.317 e. The van der Waals surface area contributed by atoms with Gasteiger partial charge in [-0.15, -0.1) is 6.42 Å². The van der Waals surface area contributed by atoms with E-state index in [-0.39, 0.29) is 12.0 Å². The maximum atomic E-state index is 5.71. The zero-order valence-corrected chi connectivity index (χ0v) is 7.20. The van der Waals surface area contributed by atoms with Crippen LogP contribution >= 0.6 is 0 Å². The van der Waals surface area contributed by atoms with Crippen molar-refractivity contribution in [2.24, 2.45) is 5.73 Å². The average molecular weight is 159 g/mol. The summed E-state index contributed by atoms with van der Waals surface area (Å²) >= 11 is 0. The molecule has 1 rings (SSSR count). The molecule has 2 atom stereocenters. The molecular weight excluding hydrogens is 146 g/mol. The van der Waals surface area contributed by atoms with Crippen molar-refractivity contribution in [1.82, 2.24) is 0 Å². The smallest absolute Gasteiger partial charge is 0.0728 e. The second-order valence-corrected chi connectivity index (χ2v) is 2.89. The molecule has 2 unspecified atom stereocenters. The van der Waals surface area contributed by atoms with Gasteiger partial charge in [-0.2, -0.15) is 0 Å². The predicted molar refractivity (Wildman–Crippen MR) is 51.7 cm³/mol. The second kappa shape index (κ2) is 3.94. The first kappa shape index (κ1) is 8.83. The highest BCUT2D eigenvalue weighted by Gasteiger charge is 2.10. The van der Waals surface area contributed by atoms with Crippen LogP contribution in [0.3, 0.4) is 0 Å². The molecule has 0 aliphatic carbocycles. The van der Waals surface area contributed by atoms with E-state index < -0.39 is 0 Å². The van der Waals surface area contributed by atoms with Crippen LogP contribution in [0.5, 0.6) is 0 Å². The third kappa shape index (κ3) is 1.87. The molecule has 0 aromatic heterocycles. The van der Waals surface area contributed by atoms with Gasteiger partial charge >= 0.3 is 0 Å². The van der Waals surface area contributed by atoms with Crippen LogP contribution < -0.4 is 5.73 Å². The molecule has 0 saturated heterocycles. The summed E-state index contributed by atoms with van der Waals surface area (Å²) in [5.74, 6) is 2.77. The maximum absolute atomic E-state index is 5.71. The number of rotatable bonds is 2. The number of nitrogens with two attached hydrogens (primary N) is 1. The van der Waals surface area contributed by atoms with Crippen LogP contribution in [-0.4, -0.2) is 6.04 Å². The lowest BCUT2D eigenvalue weighted by molar-refractivity contribution is 0.681. The number of hydrogen-bond acceptors (Lipinski definition) is 1. The Morgan fingerprint density at radius 2 is 1.92 bits per heavy atom. The average Bonchev–Trinajstić information content (AvgIpc) is 2.17. The Labute approximate surface area is 73.6 Å². The van der Waals surface area contributed by atoms with Crippen molar-refractivity contribution in [2.75, 3.05) is 0 Å². The second-order valence-electron chi connectivity index (χ2n) is 2.89. The fraction of sp³-hybridized carbons (Fsp3) is 0.273. The van der Waals surface area contributed by atoms with Gasteiger partial charge in [-0.3, -0.25) is 0 Å². The van der Waals surface area contributed by atoms with Crippen LogP contribution in [0.1, 0.15) is 18.4 Å². The Hall–Kier alpha value is -1.26. The number of terminal acetylenes is 1. The number of benzene rings is 1. The van der Waals surface area contributed by atoms with Crippen molar-refractivity contribution in [2.45, 2.75) is 18.9 Å². The molecule has 0 aliphatic rings. The highest BCUT2D eigenvalue weighted by Crippen LogP contribution is 2.16. The lowest BCUT2D eigenvalue weighted by Crippen LogP contribution is -2.24. The van der Waals surface area contributed by atoms with Gasteiger partial charge in [0.1, 0.15) is 0 Å². The number of hydrogen-bond donors (Lipinski definition) is 1. The van der Waals surface area contributed by atoms with E-state index in [1.54, 1.807) is 0 Å². The molecule has 0 amide bonds. The maximum Gasteiger partial charge on any atom is 0.0728 e. The van der Waals surface area contributed by atoms with Gasteiger partial charge in [-0.1, -0.05) is 43.2 Å². The van der Waals surface area contributed by atoms with Crippen LogP contribution in [0.4, 0.5) is 0 Å². The molecule has 1 aromatic carbocycles. The summed E-state index contributed by atoms with van der Waals surface area (Å²) in [5.41, 5.74) is 6.91. The molecule has 1 nitrogen and oxygen atoms in total. The highest BCUT2D eigenvalue weighted by molar-refractivity contribution is 5.23. The van der Waals surface area contributed by atoms with E-state index in [9.17, 15) is 0 Å². The van der Waals surface area contributed by atoms with E-state index in [4.69, 9.17) is 12.2 Å². The molecule has 0 bridgehead atoms. The minimum atomic E-state index is -0.188. The Morgan fingerprint density at radius 3 is 2.42 bits per heavy atom. The molecule has 62 valence electrons. The molecule has 0 radical (unpaired) electrons. The minimum absolute atomic E-state index is 0.188. The summed E-state index contributed by atoms with van der Waals surface area (Å²) in [5, 5.41) is 0. The monoisotopic (exact) mass is 159 g/mol. The Morgan fingerprint density at radius 1 is 1.33 bits per heavy atom. The fourth-order valence-corrected chi connectivity index (χ4v) is 1.11. The van der Waals surface area contributed by atoms with Crippen molar-refractivity contribution in [3.8, 4) is 12.3 Å². The first-order chi connectivity index (χ1) is 5.75. The van der Waals surface area contributed by atoms with E-state index in [2.05, 4.69) is 5.92 Å². The lowest BCUT2D eigenvalue weighted by atomic mass is 9.95. The topological polar surface area (TPSA) is 26.0 Å². The van der Waals surface area contributed by atoms with Gasteiger partial charge in [0, 0.05) is 5.92 Å². The van der Waals surface area contributed by atoms with Gasteiger partial charge < -0.3 is 5.73 Å². The fourth-order valence-electron chi connectivity index (χ4n) is 1.11. The highest BCUT2D eigenvalue weighted by atomic mass is 14.6. The summed E-state index contributed by atoms with van der Waals surface area (Å²) in [4.78, 5) is 0. The summed E-state index contributed by atoms with van der Waals surface area (Å²) in [6.07, 6.45) is 5.24. The van der Waals surface area contributed by atoms with Gasteiger partial charge in [-0.05, 0) is 5.56 Å². The molecular formula is C11H13N. The zero-order chi connectivity index (χ0) is 8.97. The molecule has 0 heterocycles. The van der Waals surface area contributed by atoms with Gasteiger partial charge in [0.2, 0.25) is 0 Å². The summed E-state index contributed by atoms with van der Waals surface area (Å²) in [6, 6.07) is 9.87. The van der Waals surface area contributed by atoms with E-state index >= 15 is 0 Å². The van der Waals surface area contributed by atoms with Crippen molar-refractivity contribution in [3.63, 3.8) is 0 Å². The molecule has 0 aliphatic heterocycles. The predicted octanol–water partition coefficient (Wildman–Crippen LogP) is 1.75. The molecule has 0 saturated carbocycles. The van der Waals surface area contributed by atoms with Crippen LogP contribution in [0.15, 0.2) is 30.3 Å². The molecule has 0 spiro atoms. The minimum Gasteiger partial charge on any atom is -0.317 e. The summed E-state index contributed by atoms with van der Waals surface area (Å²) < 4.78 is 0. The van der Waals surface area contributed by atoms with Gasteiger partial charge in [0.25, 0.3) is 0 Å². The van der Waals surface area contributed by atoms with E-state index in [0.29, 0.717) is 0 Å². The first-order valence-electron chi connectivity index (χ1n) is 4.02. The Bertz CT molecular complexity index is 271. The van der Waals surface area contributed by atoms with Crippen molar-refractivity contribution >= 4 is 0 Å². The van der Waals surface area contributed by atoms with E-state index in [1.165, 1.54) is 5.56 Å². The quantitative estimate of drug-likeness (QED) is 0.654. The lowest BCUT2D eigenvalue weighted by Gasteiger charge is -2.14. The Balaban J connectivity index is 2.80. The van der Waals surface area contributed by atoms with Gasteiger partial charge in [0.15, 0.2) is 0 Å².